The SMILES string of the molecule is Cc1ccccc1C(CC(=O)O)NC(=O)c1ccc(S(C)(=O)=O)s1. The van der Waals surface area contributed by atoms with Gasteiger partial charge in [0.2, 0.25) is 0 Å². The average molecular weight is 367 g/mol. The molecule has 8 heteroatoms. The van der Waals surface area contributed by atoms with Crippen LogP contribution in [0.2, 0.25) is 0 Å². The molecule has 0 bridgehead atoms. The number of benzene rings is 1. The van der Waals surface area contributed by atoms with E-state index < -0.39 is 27.8 Å². The van der Waals surface area contributed by atoms with E-state index in [1.54, 1.807) is 12.1 Å². The van der Waals surface area contributed by atoms with Crippen LogP contribution in [0.1, 0.15) is 33.3 Å². The van der Waals surface area contributed by atoms with Crippen LogP contribution in [0.25, 0.3) is 0 Å². The summed E-state index contributed by atoms with van der Waals surface area (Å²) in [6.45, 7) is 1.84. The van der Waals surface area contributed by atoms with E-state index in [2.05, 4.69) is 5.32 Å². The summed E-state index contributed by atoms with van der Waals surface area (Å²) >= 11 is 0.861. The van der Waals surface area contributed by atoms with Gasteiger partial charge in [-0.25, -0.2) is 8.42 Å². The lowest BCUT2D eigenvalue weighted by atomic mass is 9.98. The van der Waals surface area contributed by atoms with Crippen LogP contribution in [0, 0.1) is 6.92 Å². The Morgan fingerprint density at radius 1 is 1.21 bits per heavy atom. The maximum atomic E-state index is 12.4. The highest BCUT2D eigenvalue weighted by molar-refractivity contribution is 7.92. The predicted molar refractivity (Wildman–Crippen MR) is 91.1 cm³/mol. The Hall–Kier alpha value is -2.19. The van der Waals surface area contributed by atoms with Crippen molar-refractivity contribution < 1.29 is 23.1 Å². The normalized spacial score (nSPS) is 12.6. The quantitative estimate of drug-likeness (QED) is 0.816. The number of carboxylic acid groups (broad SMARTS) is 1. The monoisotopic (exact) mass is 367 g/mol. The van der Waals surface area contributed by atoms with Gasteiger partial charge in [-0.1, -0.05) is 24.3 Å². The van der Waals surface area contributed by atoms with E-state index in [4.69, 9.17) is 5.11 Å². The number of thiophene rings is 1. The van der Waals surface area contributed by atoms with E-state index in [0.29, 0.717) is 5.56 Å². The highest BCUT2D eigenvalue weighted by Crippen LogP contribution is 2.24. The van der Waals surface area contributed by atoms with Crippen molar-refractivity contribution in [2.75, 3.05) is 6.26 Å². The van der Waals surface area contributed by atoms with Gasteiger partial charge in [0, 0.05) is 6.26 Å². The first-order valence-electron chi connectivity index (χ1n) is 7.06. The van der Waals surface area contributed by atoms with Gasteiger partial charge < -0.3 is 10.4 Å². The molecule has 0 fully saturated rings. The molecule has 2 rings (SSSR count). The lowest BCUT2D eigenvalue weighted by Crippen LogP contribution is -2.30. The Morgan fingerprint density at radius 2 is 1.88 bits per heavy atom. The fourth-order valence-corrected chi connectivity index (χ4v) is 4.09. The predicted octanol–water partition coefficient (Wildman–Crippen LogP) is 2.41. The van der Waals surface area contributed by atoms with E-state index in [0.717, 1.165) is 23.2 Å². The van der Waals surface area contributed by atoms with Crippen LogP contribution in [0.4, 0.5) is 0 Å². The number of amides is 1. The van der Waals surface area contributed by atoms with Gasteiger partial charge in [0.05, 0.1) is 17.3 Å². The second kappa shape index (κ2) is 7.14. The van der Waals surface area contributed by atoms with Crippen molar-refractivity contribution in [1.29, 1.82) is 0 Å². The molecule has 0 saturated heterocycles. The van der Waals surface area contributed by atoms with Crippen LogP contribution in [0.3, 0.4) is 0 Å². The van der Waals surface area contributed by atoms with Crippen LogP contribution >= 0.6 is 11.3 Å². The molecular weight excluding hydrogens is 350 g/mol. The molecule has 1 amide bonds. The molecule has 0 aliphatic carbocycles. The molecule has 1 aromatic heterocycles. The Bertz CT molecular complexity index is 870. The van der Waals surface area contributed by atoms with Crippen molar-refractivity contribution in [2.45, 2.75) is 23.6 Å². The molecule has 0 aliphatic rings. The van der Waals surface area contributed by atoms with E-state index in [-0.39, 0.29) is 15.5 Å². The maximum absolute atomic E-state index is 12.4. The van der Waals surface area contributed by atoms with Gasteiger partial charge in [-0.2, -0.15) is 0 Å². The molecule has 24 heavy (non-hydrogen) atoms. The standard InChI is InChI=1S/C16H17NO5S2/c1-10-5-3-4-6-11(10)12(9-14(18)19)17-16(20)13-7-8-15(23-13)24(2,21)22/h3-8,12H,9H2,1-2H3,(H,17,20)(H,18,19). The number of carbonyl (C=O) groups excluding carboxylic acids is 1. The number of hydrogen-bond acceptors (Lipinski definition) is 5. The third-order valence-electron chi connectivity index (χ3n) is 3.42. The number of aryl methyl sites for hydroxylation is 1. The van der Waals surface area contributed by atoms with Gasteiger partial charge in [0.1, 0.15) is 4.21 Å². The van der Waals surface area contributed by atoms with Crippen molar-refractivity contribution in [3.63, 3.8) is 0 Å². The third kappa shape index (κ3) is 4.42. The Balaban J connectivity index is 2.26. The first-order valence-corrected chi connectivity index (χ1v) is 9.77. The summed E-state index contributed by atoms with van der Waals surface area (Å²) in [6, 6.07) is 9.30. The Morgan fingerprint density at radius 3 is 2.42 bits per heavy atom. The van der Waals surface area contributed by atoms with Gasteiger partial charge in [0.15, 0.2) is 9.84 Å². The summed E-state index contributed by atoms with van der Waals surface area (Å²) in [6.07, 6.45) is 0.808. The Labute approximate surface area is 144 Å². The summed E-state index contributed by atoms with van der Waals surface area (Å²) in [5.41, 5.74) is 1.58. The van der Waals surface area contributed by atoms with Crippen LogP contribution in [0.5, 0.6) is 0 Å². The van der Waals surface area contributed by atoms with Gasteiger partial charge in [-0.15, -0.1) is 11.3 Å². The summed E-state index contributed by atoms with van der Waals surface area (Å²) < 4.78 is 23.1. The molecule has 6 nitrogen and oxygen atoms in total. The molecule has 0 saturated carbocycles. The molecule has 0 radical (unpaired) electrons. The van der Waals surface area contributed by atoms with Gasteiger partial charge >= 0.3 is 5.97 Å². The zero-order valence-electron chi connectivity index (χ0n) is 13.1. The zero-order chi connectivity index (χ0) is 17.9. The van der Waals surface area contributed by atoms with Gasteiger partial charge in [-0.3, -0.25) is 9.59 Å². The van der Waals surface area contributed by atoms with E-state index >= 15 is 0 Å². The van der Waals surface area contributed by atoms with Crippen molar-refractivity contribution in [2.24, 2.45) is 0 Å². The molecule has 1 aromatic carbocycles. The number of rotatable bonds is 6. The number of carboxylic acids is 1. The highest BCUT2D eigenvalue weighted by Gasteiger charge is 2.22. The summed E-state index contributed by atoms with van der Waals surface area (Å²) in [7, 11) is -3.38. The van der Waals surface area contributed by atoms with Crippen molar-refractivity contribution in [1.82, 2.24) is 5.32 Å². The summed E-state index contributed by atoms with van der Waals surface area (Å²) in [4.78, 5) is 23.7. The largest absolute Gasteiger partial charge is 0.481 e. The third-order valence-corrected chi connectivity index (χ3v) is 6.32. The summed E-state index contributed by atoms with van der Waals surface area (Å²) in [5.74, 6) is -1.53. The fraction of sp³-hybridized carbons (Fsp3) is 0.250. The molecule has 0 aliphatic heterocycles. The molecule has 1 unspecified atom stereocenters. The highest BCUT2D eigenvalue weighted by atomic mass is 32.2. The van der Waals surface area contributed by atoms with Gasteiger partial charge in [0.25, 0.3) is 5.91 Å². The number of sulfone groups is 1. The minimum absolute atomic E-state index is 0.0957. The van der Waals surface area contributed by atoms with Crippen LogP contribution < -0.4 is 5.32 Å². The van der Waals surface area contributed by atoms with Crippen LogP contribution in [-0.2, 0) is 14.6 Å². The molecule has 2 N–H and O–H groups in total. The molecular formula is C16H17NO5S2. The van der Waals surface area contributed by atoms with Crippen LogP contribution in [-0.4, -0.2) is 31.7 Å². The molecule has 1 heterocycles. The minimum Gasteiger partial charge on any atom is -0.481 e. The first-order chi connectivity index (χ1) is 11.2. The second-order valence-electron chi connectivity index (χ2n) is 5.37. The lowest BCUT2D eigenvalue weighted by molar-refractivity contribution is -0.137. The number of carbonyl (C=O) groups is 2. The summed E-state index contributed by atoms with van der Waals surface area (Å²) in [5, 5.41) is 11.8. The molecule has 0 spiro atoms. The second-order valence-corrected chi connectivity index (χ2v) is 8.70. The number of hydrogen-bond donors (Lipinski definition) is 2. The maximum Gasteiger partial charge on any atom is 0.305 e. The van der Waals surface area contributed by atoms with Crippen molar-refractivity contribution in [3.8, 4) is 0 Å². The smallest absolute Gasteiger partial charge is 0.305 e. The number of nitrogens with one attached hydrogen (secondary N) is 1. The van der Waals surface area contributed by atoms with E-state index in [1.807, 2.05) is 19.1 Å². The van der Waals surface area contributed by atoms with Crippen molar-refractivity contribution >= 4 is 33.1 Å². The molecule has 1 atom stereocenters. The van der Waals surface area contributed by atoms with Crippen LogP contribution in [0.15, 0.2) is 40.6 Å². The Kier molecular flexibility index (Phi) is 5.40. The first kappa shape index (κ1) is 18.2. The van der Waals surface area contributed by atoms with Gasteiger partial charge in [-0.05, 0) is 30.2 Å². The van der Waals surface area contributed by atoms with E-state index in [1.165, 1.54) is 12.1 Å². The molecule has 128 valence electrons. The van der Waals surface area contributed by atoms with Crippen molar-refractivity contribution in [3.05, 3.63) is 52.4 Å². The minimum atomic E-state index is -3.38. The number of aliphatic carboxylic acids is 1. The fourth-order valence-electron chi connectivity index (χ4n) is 2.26. The average Bonchev–Trinajstić information content (AvgIpc) is 2.96. The topological polar surface area (TPSA) is 101 Å². The lowest BCUT2D eigenvalue weighted by Gasteiger charge is -2.19. The van der Waals surface area contributed by atoms with E-state index in [9.17, 15) is 18.0 Å². The molecule has 2 aromatic rings. The zero-order valence-corrected chi connectivity index (χ0v) is 14.8.